The standard InChI is InChI=1S/C30H34N2O8/c1-31-28(38)22-25(35)23(32(2)3)18-14-16-13-17-15(9-12-29(39)10-5-4-6-11-29)7-8-19(33)21(17)24(34)20(16)26(36)30(18,40)27(22)37/h7-8,16,18,23,33-34,37,39-40H,4-6,10-11,13-14H2,1-3H3,(H,31,38)/t16-,18-,23-,30-/m0/s1. The van der Waals surface area contributed by atoms with Gasteiger partial charge in [-0.05, 0) is 76.2 Å². The molecule has 6 N–H and O–H groups in total. The summed E-state index contributed by atoms with van der Waals surface area (Å²) < 4.78 is 0. The number of likely N-dealkylation sites (N-methyl/N-ethyl adjacent to an activating group) is 2. The molecule has 0 radical (unpaired) electrons. The molecule has 0 saturated heterocycles. The van der Waals surface area contributed by atoms with Gasteiger partial charge in [0.2, 0.25) is 5.78 Å². The Balaban J connectivity index is 1.66. The summed E-state index contributed by atoms with van der Waals surface area (Å²) in [4.78, 5) is 41.4. The summed E-state index contributed by atoms with van der Waals surface area (Å²) in [5.74, 6) is -0.349. The number of ketones is 2. The van der Waals surface area contributed by atoms with Crippen LogP contribution in [0.5, 0.6) is 5.75 Å². The molecule has 1 aromatic rings. The Kier molecular flexibility index (Phi) is 6.81. The molecular formula is C30H34N2O8. The van der Waals surface area contributed by atoms with E-state index in [0.717, 1.165) is 19.3 Å². The molecule has 212 valence electrons. The number of carbonyl (C=O) groups excluding carboxylic acids is 3. The van der Waals surface area contributed by atoms with Gasteiger partial charge < -0.3 is 30.8 Å². The average Bonchev–Trinajstić information content (AvgIpc) is 2.90. The summed E-state index contributed by atoms with van der Waals surface area (Å²) in [6.45, 7) is 0. The summed E-state index contributed by atoms with van der Waals surface area (Å²) >= 11 is 0. The molecule has 10 nitrogen and oxygen atoms in total. The predicted octanol–water partition coefficient (Wildman–Crippen LogP) is 1.27. The van der Waals surface area contributed by atoms with E-state index in [4.69, 9.17) is 0 Å². The molecular weight excluding hydrogens is 516 g/mol. The maximum atomic E-state index is 14.0. The van der Waals surface area contributed by atoms with Crippen molar-refractivity contribution >= 4 is 23.2 Å². The van der Waals surface area contributed by atoms with E-state index in [9.17, 15) is 39.9 Å². The van der Waals surface area contributed by atoms with Crippen LogP contribution in [-0.2, 0) is 20.8 Å². The summed E-state index contributed by atoms with van der Waals surface area (Å²) in [6.07, 6.45) is 4.07. The van der Waals surface area contributed by atoms with Crippen LogP contribution in [-0.4, -0.2) is 86.3 Å². The van der Waals surface area contributed by atoms with E-state index in [1.807, 2.05) is 0 Å². The Labute approximate surface area is 232 Å². The Bertz CT molecular complexity index is 1440. The molecule has 0 spiro atoms. The van der Waals surface area contributed by atoms with Gasteiger partial charge in [-0.3, -0.25) is 19.3 Å². The number of carbonyl (C=O) groups is 3. The van der Waals surface area contributed by atoms with Crippen LogP contribution in [0, 0.1) is 23.7 Å². The SMILES string of the molecule is CNC(=O)C1=C(O)[C@@]2(O)C(=O)C3=C(O)c4c(O)ccc(C#CC5(O)CCCCC5)c4C[C@H]3C[C@H]2[C@H](N(C)C)C1=O. The second-order valence-electron chi connectivity index (χ2n) is 11.5. The van der Waals surface area contributed by atoms with Gasteiger partial charge in [-0.1, -0.05) is 18.3 Å². The average molecular weight is 551 g/mol. The minimum absolute atomic E-state index is 0.00452. The van der Waals surface area contributed by atoms with Gasteiger partial charge >= 0.3 is 0 Å². The summed E-state index contributed by atoms with van der Waals surface area (Å²) in [6, 6.07) is 1.84. The topological polar surface area (TPSA) is 168 Å². The highest BCUT2D eigenvalue weighted by Crippen LogP contribution is 2.53. The molecule has 1 amide bonds. The highest BCUT2D eigenvalue weighted by molar-refractivity contribution is 6.24. The van der Waals surface area contributed by atoms with Crippen molar-refractivity contribution in [2.75, 3.05) is 21.1 Å². The van der Waals surface area contributed by atoms with Gasteiger partial charge in [0.05, 0.1) is 11.6 Å². The van der Waals surface area contributed by atoms with Crippen molar-refractivity contribution in [1.82, 2.24) is 10.2 Å². The van der Waals surface area contributed by atoms with E-state index >= 15 is 0 Å². The molecule has 40 heavy (non-hydrogen) atoms. The van der Waals surface area contributed by atoms with Crippen LogP contribution in [0.2, 0.25) is 0 Å². The van der Waals surface area contributed by atoms with Gasteiger partial charge in [-0.15, -0.1) is 0 Å². The van der Waals surface area contributed by atoms with Crippen LogP contribution < -0.4 is 5.32 Å². The zero-order chi connectivity index (χ0) is 29.1. The fourth-order valence-electron chi connectivity index (χ4n) is 6.91. The van der Waals surface area contributed by atoms with E-state index in [1.165, 1.54) is 18.0 Å². The molecule has 0 aromatic heterocycles. The number of hydrogen-bond donors (Lipinski definition) is 6. The van der Waals surface area contributed by atoms with Crippen molar-refractivity contribution in [3.05, 3.63) is 45.7 Å². The largest absolute Gasteiger partial charge is 0.508 e. The van der Waals surface area contributed by atoms with Crippen LogP contribution in [0.3, 0.4) is 0 Å². The van der Waals surface area contributed by atoms with E-state index in [-0.39, 0.29) is 29.7 Å². The number of phenols is 1. The molecule has 10 heteroatoms. The molecule has 0 bridgehead atoms. The number of rotatable bonds is 2. The Morgan fingerprint density at radius 1 is 1.07 bits per heavy atom. The van der Waals surface area contributed by atoms with E-state index in [0.29, 0.717) is 24.0 Å². The molecule has 4 aliphatic carbocycles. The van der Waals surface area contributed by atoms with E-state index in [1.54, 1.807) is 20.2 Å². The van der Waals surface area contributed by atoms with Gasteiger partial charge in [0, 0.05) is 24.1 Å². The lowest BCUT2D eigenvalue weighted by Gasteiger charge is -2.50. The second-order valence-corrected chi connectivity index (χ2v) is 11.5. The Morgan fingerprint density at radius 2 is 1.75 bits per heavy atom. The first kappa shape index (κ1) is 27.9. The third kappa shape index (κ3) is 4.03. The van der Waals surface area contributed by atoms with Crippen molar-refractivity contribution in [2.45, 2.75) is 62.2 Å². The number of aliphatic hydroxyl groups is 4. The first-order valence-corrected chi connectivity index (χ1v) is 13.5. The number of fused-ring (bicyclic) bond motifs is 3. The highest BCUT2D eigenvalue weighted by atomic mass is 16.3. The van der Waals surface area contributed by atoms with Crippen LogP contribution in [0.4, 0.5) is 0 Å². The first-order chi connectivity index (χ1) is 18.9. The van der Waals surface area contributed by atoms with Gasteiger partial charge in [0.25, 0.3) is 5.91 Å². The predicted molar refractivity (Wildman–Crippen MR) is 144 cm³/mol. The fourth-order valence-corrected chi connectivity index (χ4v) is 6.91. The molecule has 1 aromatic carbocycles. The van der Waals surface area contributed by atoms with Crippen LogP contribution in [0.1, 0.15) is 55.2 Å². The summed E-state index contributed by atoms with van der Waals surface area (Å²) in [7, 11) is 4.42. The lowest BCUT2D eigenvalue weighted by atomic mass is 9.57. The lowest BCUT2D eigenvalue weighted by molar-refractivity contribution is -0.153. The molecule has 2 saturated carbocycles. The number of amides is 1. The normalized spacial score (nSPS) is 29.3. The summed E-state index contributed by atoms with van der Waals surface area (Å²) in [5.41, 5.74) is -3.68. The van der Waals surface area contributed by atoms with Crippen molar-refractivity contribution in [3.8, 4) is 17.6 Å². The number of aromatic hydroxyl groups is 1. The minimum Gasteiger partial charge on any atom is -0.508 e. The van der Waals surface area contributed by atoms with Gasteiger partial charge in [-0.25, -0.2) is 0 Å². The third-order valence-corrected chi connectivity index (χ3v) is 8.92. The third-order valence-electron chi connectivity index (χ3n) is 8.92. The Morgan fingerprint density at radius 3 is 2.38 bits per heavy atom. The van der Waals surface area contributed by atoms with Crippen LogP contribution >= 0.6 is 0 Å². The van der Waals surface area contributed by atoms with Gasteiger partial charge in [0.15, 0.2) is 11.4 Å². The second kappa shape index (κ2) is 9.77. The quantitative estimate of drug-likeness (QED) is 0.235. The van der Waals surface area contributed by atoms with E-state index < -0.39 is 63.6 Å². The minimum atomic E-state index is -2.64. The zero-order valence-electron chi connectivity index (χ0n) is 22.7. The number of phenolic OH excluding ortho intramolecular Hbond substituents is 1. The highest BCUT2D eigenvalue weighted by Gasteiger charge is 2.64. The van der Waals surface area contributed by atoms with E-state index in [2.05, 4.69) is 17.2 Å². The number of benzene rings is 1. The first-order valence-electron chi connectivity index (χ1n) is 13.5. The monoisotopic (exact) mass is 550 g/mol. The molecule has 4 atom stereocenters. The number of Topliss-reactive ketones (excluding diaryl/α,β-unsaturated/α-hetero) is 2. The van der Waals surface area contributed by atoms with Gasteiger partial charge in [0.1, 0.15) is 28.4 Å². The van der Waals surface area contributed by atoms with Crippen molar-refractivity contribution < 1.29 is 39.9 Å². The number of aliphatic hydroxyl groups excluding tert-OH is 2. The number of nitrogens with zero attached hydrogens (tertiary/aromatic N) is 1. The van der Waals surface area contributed by atoms with Gasteiger partial charge in [-0.2, -0.15) is 0 Å². The molecule has 0 heterocycles. The lowest BCUT2D eigenvalue weighted by Crippen LogP contribution is -2.65. The zero-order valence-corrected chi connectivity index (χ0v) is 22.7. The molecule has 5 rings (SSSR count). The van der Waals surface area contributed by atoms with Crippen molar-refractivity contribution in [3.63, 3.8) is 0 Å². The molecule has 2 fully saturated rings. The molecule has 0 aliphatic heterocycles. The molecule has 0 unspecified atom stereocenters. The fraction of sp³-hybridized carbons (Fsp3) is 0.500. The maximum Gasteiger partial charge on any atom is 0.258 e. The number of nitrogens with one attached hydrogen (secondary N) is 1. The maximum absolute atomic E-state index is 14.0. The van der Waals surface area contributed by atoms with Crippen LogP contribution in [0.15, 0.2) is 29.0 Å². The smallest absolute Gasteiger partial charge is 0.258 e. The Hall–Kier alpha value is -3.65. The summed E-state index contributed by atoms with van der Waals surface area (Å²) in [5, 5.41) is 58.1. The van der Waals surface area contributed by atoms with Crippen molar-refractivity contribution in [2.24, 2.45) is 11.8 Å². The van der Waals surface area contributed by atoms with Crippen LogP contribution in [0.25, 0.3) is 5.76 Å². The number of hydrogen-bond acceptors (Lipinski definition) is 9. The molecule has 4 aliphatic rings. The van der Waals surface area contributed by atoms with Crippen molar-refractivity contribution in [1.29, 1.82) is 0 Å².